The minimum absolute atomic E-state index is 0.477. The summed E-state index contributed by atoms with van der Waals surface area (Å²) in [7, 11) is 2.27. The normalized spacial score (nSPS) is 12.5. The lowest BCUT2D eigenvalue weighted by Gasteiger charge is -2.40. The van der Waals surface area contributed by atoms with Gasteiger partial charge in [0.1, 0.15) is 0 Å². The van der Waals surface area contributed by atoms with E-state index < -0.39 is 0 Å². The number of hydrogen-bond donors (Lipinski definition) is 0. The molecule has 0 radical (unpaired) electrons. The quantitative estimate of drug-likeness (QED) is 0.585. The summed E-state index contributed by atoms with van der Waals surface area (Å²) in [6, 6.07) is 0. The predicted molar refractivity (Wildman–Crippen MR) is 61.1 cm³/mol. The molecule has 0 rings (SSSR count). The van der Waals surface area contributed by atoms with Crippen molar-refractivity contribution in [3.05, 3.63) is 0 Å². The minimum Gasteiger partial charge on any atom is -0.301 e. The van der Waals surface area contributed by atoms with Gasteiger partial charge in [0.05, 0.1) is 0 Å². The van der Waals surface area contributed by atoms with Crippen LogP contribution >= 0.6 is 0 Å². The summed E-state index contributed by atoms with van der Waals surface area (Å²) < 4.78 is 0. The van der Waals surface area contributed by atoms with Crippen LogP contribution in [-0.4, -0.2) is 24.0 Å². The van der Waals surface area contributed by atoms with Crippen molar-refractivity contribution < 1.29 is 0 Å². The maximum Gasteiger partial charge on any atom is 0.0201 e. The zero-order chi connectivity index (χ0) is 10.3. The third kappa shape index (κ3) is 3.30. The number of unbranched alkanes of at least 4 members (excludes halogenated alkanes) is 1. The summed E-state index contributed by atoms with van der Waals surface area (Å²) in [5.74, 6) is 0. The fourth-order valence-electron chi connectivity index (χ4n) is 2.18. The molecule has 1 heteroatoms. The number of hydrogen-bond acceptors (Lipinski definition) is 1. The van der Waals surface area contributed by atoms with Crippen LogP contribution in [0.25, 0.3) is 0 Å². The van der Waals surface area contributed by atoms with Crippen molar-refractivity contribution in [1.82, 2.24) is 4.90 Å². The van der Waals surface area contributed by atoms with Crippen LogP contribution in [0.2, 0.25) is 0 Å². The molecule has 0 fully saturated rings. The third-order valence-corrected chi connectivity index (χ3v) is 3.60. The molecule has 1 nitrogen and oxygen atoms in total. The lowest BCUT2D eigenvalue weighted by atomic mass is 9.85. The highest BCUT2D eigenvalue weighted by molar-refractivity contribution is 4.85. The Morgan fingerprint density at radius 3 is 1.85 bits per heavy atom. The first-order valence-electron chi connectivity index (χ1n) is 5.88. The highest BCUT2D eigenvalue weighted by Gasteiger charge is 2.28. The molecule has 0 spiro atoms. The van der Waals surface area contributed by atoms with Crippen LogP contribution in [-0.2, 0) is 0 Å². The molecular weight excluding hydrogens is 158 g/mol. The Kier molecular flexibility index (Phi) is 6.40. The first kappa shape index (κ1) is 13.0. The monoisotopic (exact) mass is 185 g/mol. The summed E-state index contributed by atoms with van der Waals surface area (Å²) in [4.78, 5) is 2.53. The topological polar surface area (TPSA) is 3.24 Å². The Morgan fingerprint density at radius 1 is 1.00 bits per heavy atom. The molecule has 0 atom stereocenters. The Balaban J connectivity index is 4.29. The molecule has 0 saturated carbocycles. The molecule has 0 bridgehead atoms. The van der Waals surface area contributed by atoms with E-state index in [1.54, 1.807) is 0 Å². The van der Waals surface area contributed by atoms with E-state index in [1.165, 1.54) is 38.6 Å². The van der Waals surface area contributed by atoms with Gasteiger partial charge < -0.3 is 4.90 Å². The average molecular weight is 185 g/mol. The molecule has 0 aromatic rings. The third-order valence-electron chi connectivity index (χ3n) is 3.60. The molecule has 0 aliphatic heterocycles. The molecule has 13 heavy (non-hydrogen) atoms. The molecule has 0 N–H and O–H groups in total. The van der Waals surface area contributed by atoms with Gasteiger partial charge in [-0.05, 0) is 32.9 Å². The molecule has 0 aliphatic rings. The molecule has 0 amide bonds. The number of nitrogens with zero attached hydrogens (tertiary/aromatic N) is 1. The fourth-order valence-corrected chi connectivity index (χ4v) is 2.18. The Labute approximate surface area is 84.5 Å². The van der Waals surface area contributed by atoms with E-state index in [0.717, 1.165) is 0 Å². The van der Waals surface area contributed by atoms with Gasteiger partial charge in [-0.1, -0.05) is 40.5 Å². The van der Waals surface area contributed by atoms with Gasteiger partial charge in [0.2, 0.25) is 0 Å². The Bertz CT molecular complexity index is 116. The second-order valence-corrected chi connectivity index (χ2v) is 4.05. The van der Waals surface area contributed by atoms with E-state index in [2.05, 4.69) is 39.6 Å². The molecule has 0 aromatic heterocycles. The van der Waals surface area contributed by atoms with E-state index in [1.807, 2.05) is 0 Å². The van der Waals surface area contributed by atoms with Crippen molar-refractivity contribution in [3.63, 3.8) is 0 Å². The van der Waals surface area contributed by atoms with Crippen LogP contribution in [0.4, 0.5) is 0 Å². The van der Waals surface area contributed by atoms with Gasteiger partial charge in [0.25, 0.3) is 0 Å². The second-order valence-electron chi connectivity index (χ2n) is 4.05. The molecule has 0 aliphatic carbocycles. The van der Waals surface area contributed by atoms with Crippen LogP contribution in [0.15, 0.2) is 0 Å². The van der Waals surface area contributed by atoms with Crippen molar-refractivity contribution in [2.75, 3.05) is 13.6 Å². The van der Waals surface area contributed by atoms with Gasteiger partial charge in [-0.15, -0.1) is 0 Å². The molecule has 0 aromatic carbocycles. The summed E-state index contributed by atoms with van der Waals surface area (Å²) >= 11 is 0. The fraction of sp³-hybridized carbons (Fsp3) is 1.00. The smallest absolute Gasteiger partial charge is 0.0201 e. The van der Waals surface area contributed by atoms with E-state index in [9.17, 15) is 0 Å². The Hall–Kier alpha value is -0.0400. The first-order valence-corrected chi connectivity index (χ1v) is 5.88. The molecule has 0 heterocycles. The molecular formula is C12H27N. The highest BCUT2D eigenvalue weighted by Crippen LogP contribution is 2.28. The van der Waals surface area contributed by atoms with Crippen molar-refractivity contribution in [1.29, 1.82) is 0 Å². The maximum atomic E-state index is 2.53. The van der Waals surface area contributed by atoms with Gasteiger partial charge in [-0.3, -0.25) is 0 Å². The minimum atomic E-state index is 0.477. The largest absolute Gasteiger partial charge is 0.301 e. The zero-order valence-electron chi connectivity index (χ0n) is 10.2. The van der Waals surface area contributed by atoms with Crippen LogP contribution in [0.1, 0.15) is 59.8 Å². The average Bonchev–Trinajstić information content (AvgIpc) is 2.19. The maximum absolute atomic E-state index is 2.53. The lowest BCUT2D eigenvalue weighted by molar-refractivity contribution is 0.101. The molecule has 0 unspecified atom stereocenters. The van der Waals surface area contributed by atoms with E-state index in [0.29, 0.717) is 5.54 Å². The molecule has 0 saturated heterocycles. The summed E-state index contributed by atoms with van der Waals surface area (Å²) in [5, 5.41) is 0. The standard InChI is InChI=1S/C12H27N/c1-6-10-11-12(7-2,8-3)13(5)9-4/h6-11H2,1-5H3. The van der Waals surface area contributed by atoms with Crippen LogP contribution in [0.5, 0.6) is 0 Å². The van der Waals surface area contributed by atoms with Crippen LogP contribution < -0.4 is 0 Å². The van der Waals surface area contributed by atoms with Gasteiger partial charge in [-0.2, -0.15) is 0 Å². The van der Waals surface area contributed by atoms with E-state index >= 15 is 0 Å². The van der Waals surface area contributed by atoms with Crippen LogP contribution in [0.3, 0.4) is 0 Å². The van der Waals surface area contributed by atoms with E-state index in [-0.39, 0.29) is 0 Å². The second kappa shape index (κ2) is 6.42. The first-order chi connectivity index (χ1) is 6.16. The van der Waals surface area contributed by atoms with Crippen molar-refractivity contribution in [2.24, 2.45) is 0 Å². The van der Waals surface area contributed by atoms with Crippen molar-refractivity contribution in [2.45, 2.75) is 65.3 Å². The van der Waals surface area contributed by atoms with Gasteiger partial charge >= 0.3 is 0 Å². The van der Waals surface area contributed by atoms with Crippen LogP contribution in [0, 0.1) is 0 Å². The Morgan fingerprint density at radius 2 is 1.54 bits per heavy atom. The molecule has 80 valence electrons. The SMILES string of the molecule is CCCCC(CC)(CC)N(C)CC. The summed E-state index contributed by atoms with van der Waals surface area (Å²) in [6.45, 7) is 10.4. The zero-order valence-corrected chi connectivity index (χ0v) is 10.2. The van der Waals surface area contributed by atoms with Crippen molar-refractivity contribution in [3.8, 4) is 0 Å². The number of rotatable bonds is 7. The van der Waals surface area contributed by atoms with E-state index in [4.69, 9.17) is 0 Å². The predicted octanol–water partition coefficient (Wildman–Crippen LogP) is 3.69. The van der Waals surface area contributed by atoms with Gasteiger partial charge in [0, 0.05) is 5.54 Å². The summed E-state index contributed by atoms with van der Waals surface area (Å²) in [5.41, 5.74) is 0.477. The van der Waals surface area contributed by atoms with Gasteiger partial charge in [0.15, 0.2) is 0 Å². The highest BCUT2D eigenvalue weighted by atomic mass is 15.2. The lowest BCUT2D eigenvalue weighted by Crippen LogP contribution is -2.45. The summed E-state index contributed by atoms with van der Waals surface area (Å²) in [6.07, 6.45) is 6.62. The van der Waals surface area contributed by atoms with Gasteiger partial charge in [-0.25, -0.2) is 0 Å². The van der Waals surface area contributed by atoms with Crippen molar-refractivity contribution >= 4 is 0 Å².